The number of nitrogens with one attached hydrogen (secondary N) is 1. The van der Waals surface area contributed by atoms with Gasteiger partial charge < -0.3 is 19.5 Å². The second-order valence-electron chi connectivity index (χ2n) is 10.3. The van der Waals surface area contributed by atoms with Crippen LogP contribution in [-0.4, -0.2) is 31.8 Å². The Balaban J connectivity index is 1.84. The Hall–Kier alpha value is -3.05. The molecule has 0 amide bonds. The van der Waals surface area contributed by atoms with Gasteiger partial charge in [0.25, 0.3) is 0 Å². The average Bonchev–Trinajstić information content (AvgIpc) is 2.82. The molecule has 0 aromatic heterocycles. The average molecular weight is 460 g/mol. The summed E-state index contributed by atoms with van der Waals surface area (Å²) >= 11 is 0. The van der Waals surface area contributed by atoms with Crippen molar-refractivity contribution in [2.45, 2.75) is 58.2 Å². The van der Waals surface area contributed by atoms with Gasteiger partial charge in [0.1, 0.15) is 5.75 Å². The van der Waals surface area contributed by atoms with E-state index < -0.39 is 17.7 Å². The second kappa shape index (κ2) is 8.62. The molecule has 0 saturated heterocycles. The van der Waals surface area contributed by atoms with E-state index >= 15 is 0 Å². The summed E-state index contributed by atoms with van der Waals surface area (Å²) in [6, 6.07) is 14.7. The minimum absolute atomic E-state index is 0.393. The van der Waals surface area contributed by atoms with E-state index in [1.54, 1.807) is 0 Å². The first kappa shape index (κ1) is 22.7. The Morgan fingerprint density at radius 3 is 2.71 bits per heavy atom. The molecule has 5 nitrogen and oxygen atoms in total. The number of methoxy groups -OCH3 is 1. The number of fused-ring (bicyclic) bond motifs is 1. The molecular formula is C29H33NO4. The third kappa shape index (κ3) is 3.92. The fourth-order valence-corrected chi connectivity index (χ4v) is 5.46. The number of carbonyl (C=O) groups excluding carboxylic acids is 1. The molecular weight excluding hydrogens is 426 g/mol. The van der Waals surface area contributed by atoms with Crippen LogP contribution in [0.25, 0.3) is 21.9 Å². The summed E-state index contributed by atoms with van der Waals surface area (Å²) in [7, 11) is 1.42. The van der Waals surface area contributed by atoms with E-state index in [2.05, 4.69) is 42.6 Å². The van der Waals surface area contributed by atoms with Crippen LogP contribution in [-0.2, 0) is 14.3 Å². The maximum absolute atomic E-state index is 13.1. The summed E-state index contributed by atoms with van der Waals surface area (Å²) in [5.41, 5.74) is 5.80. The van der Waals surface area contributed by atoms with E-state index in [0.717, 1.165) is 70.5 Å². The molecule has 2 unspecified atom stereocenters. The van der Waals surface area contributed by atoms with Crippen LogP contribution < -0.4 is 10.1 Å². The zero-order valence-electron chi connectivity index (χ0n) is 20.7. The van der Waals surface area contributed by atoms with Crippen molar-refractivity contribution in [1.29, 1.82) is 0 Å². The largest absolute Gasteiger partial charge is 0.493 e. The van der Waals surface area contributed by atoms with Crippen molar-refractivity contribution in [2.75, 3.05) is 25.6 Å². The van der Waals surface area contributed by atoms with Gasteiger partial charge >= 0.3 is 5.97 Å². The van der Waals surface area contributed by atoms with Gasteiger partial charge in [-0.2, -0.15) is 0 Å². The summed E-state index contributed by atoms with van der Waals surface area (Å²) in [4.78, 5) is 13.1. The van der Waals surface area contributed by atoms with Crippen molar-refractivity contribution in [1.82, 2.24) is 0 Å². The molecule has 5 heteroatoms. The number of rotatable bonds is 4. The van der Waals surface area contributed by atoms with E-state index in [9.17, 15) is 4.79 Å². The molecule has 0 spiro atoms. The van der Waals surface area contributed by atoms with Crippen molar-refractivity contribution < 1.29 is 19.0 Å². The number of esters is 1. The first-order chi connectivity index (χ1) is 16.3. The predicted octanol–water partition coefficient (Wildman–Crippen LogP) is 6.53. The van der Waals surface area contributed by atoms with Gasteiger partial charge in [-0.25, -0.2) is 4.79 Å². The molecule has 2 atom stereocenters. The number of aryl methyl sites for hydroxylation is 1. The molecule has 5 rings (SSSR count). The lowest BCUT2D eigenvalue weighted by molar-refractivity contribution is -0.164. The maximum atomic E-state index is 13.1. The quantitative estimate of drug-likeness (QED) is 0.450. The van der Waals surface area contributed by atoms with Gasteiger partial charge in [-0.1, -0.05) is 30.3 Å². The Morgan fingerprint density at radius 1 is 1.15 bits per heavy atom. The van der Waals surface area contributed by atoms with Gasteiger partial charge in [-0.15, -0.1) is 0 Å². The Bertz CT molecular complexity index is 1260. The molecule has 0 aliphatic carbocycles. The van der Waals surface area contributed by atoms with Crippen molar-refractivity contribution in [2.24, 2.45) is 0 Å². The highest BCUT2D eigenvalue weighted by Gasteiger charge is 2.35. The number of hydrogen-bond donors (Lipinski definition) is 1. The monoisotopic (exact) mass is 459 g/mol. The van der Waals surface area contributed by atoms with Gasteiger partial charge in [0.05, 0.1) is 19.3 Å². The van der Waals surface area contributed by atoms with Crippen LogP contribution in [0.15, 0.2) is 42.5 Å². The first-order valence-electron chi connectivity index (χ1n) is 12.1. The Morgan fingerprint density at radius 2 is 1.94 bits per heavy atom. The summed E-state index contributed by atoms with van der Waals surface area (Å²) in [5.74, 6) is 1.06. The molecule has 2 heterocycles. The van der Waals surface area contributed by atoms with Crippen molar-refractivity contribution in [3.05, 3.63) is 59.2 Å². The van der Waals surface area contributed by atoms with Crippen LogP contribution in [0.2, 0.25) is 0 Å². The highest BCUT2D eigenvalue weighted by Crippen LogP contribution is 2.50. The lowest BCUT2D eigenvalue weighted by atomic mass is 9.81. The van der Waals surface area contributed by atoms with E-state index in [0.29, 0.717) is 5.92 Å². The summed E-state index contributed by atoms with van der Waals surface area (Å²) in [6.45, 7) is 9.63. The summed E-state index contributed by atoms with van der Waals surface area (Å²) < 4.78 is 17.6. The molecule has 0 fully saturated rings. The van der Waals surface area contributed by atoms with E-state index in [-0.39, 0.29) is 0 Å². The minimum Gasteiger partial charge on any atom is -0.493 e. The molecule has 1 N–H and O–H groups in total. The standard InChI is InChI=1S/C29H33NO4/c1-17-16-19-8-6-7-9-20(19)25(23(17)27(28(31)32-5)34-29(2,3)4)21-10-11-22-24-18(13-15-33-22)12-14-30-26(21)24/h6-11,16,18,27,30H,12-15H2,1-5H3. The SMILES string of the molecule is COC(=O)C(OC(C)(C)C)c1c(C)cc2ccccc2c1-c1ccc2c3c1NCCC3CCO2. The van der Waals surface area contributed by atoms with Crippen LogP contribution >= 0.6 is 0 Å². The zero-order chi connectivity index (χ0) is 24.0. The summed E-state index contributed by atoms with van der Waals surface area (Å²) in [6.07, 6.45) is 1.29. The third-order valence-corrected chi connectivity index (χ3v) is 6.85. The normalized spacial score (nSPS) is 18.0. The van der Waals surface area contributed by atoms with E-state index in [1.807, 2.05) is 32.9 Å². The van der Waals surface area contributed by atoms with E-state index in [4.69, 9.17) is 14.2 Å². The molecule has 0 bridgehead atoms. The minimum atomic E-state index is -0.844. The summed E-state index contributed by atoms with van der Waals surface area (Å²) in [5, 5.41) is 5.89. The van der Waals surface area contributed by atoms with Crippen LogP contribution in [0.3, 0.4) is 0 Å². The molecule has 178 valence electrons. The fraction of sp³-hybridized carbons (Fsp3) is 0.414. The number of carbonyl (C=O) groups is 1. The van der Waals surface area contributed by atoms with Crippen molar-refractivity contribution >= 4 is 22.4 Å². The molecule has 0 radical (unpaired) electrons. The van der Waals surface area contributed by atoms with Gasteiger partial charge in [0.15, 0.2) is 6.10 Å². The fourth-order valence-electron chi connectivity index (χ4n) is 5.46. The van der Waals surface area contributed by atoms with E-state index in [1.165, 1.54) is 12.7 Å². The number of hydrogen-bond acceptors (Lipinski definition) is 5. The van der Waals surface area contributed by atoms with Crippen LogP contribution in [0.4, 0.5) is 5.69 Å². The van der Waals surface area contributed by atoms with Crippen LogP contribution in [0, 0.1) is 6.92 Å². The van der Waals surface area contributed by atoms with Crippen molar-refractivity contribution in [3.8, 4) is 16.9 Å². The van der Waals surface area contributed by atoms with Crippen LogP contribution in [0.5, 0.6) is 5.75 Å². The third-order valence-electron chi connectivity index (χ3n) is 6.85. The molecule has 2 aliphatic rings. The maximum Gasteiger partial charge on any atom is 0.339 e. The highest BCUT2D eigenvalue weighted by atomic mass is 16.6. The van der Waals surface area contributed by atoms with Gasteiger partial charge in [0.2, 0.25) is 0 Å². The molecule has 34 heavy (non-hydrogen) atoms. The predicted molar refractivity (Wildman–Crippen MR) is 136 cm³/mol. The van der Waals surface area contributed by atoms with Gasteiger partial charge in [0, 0.05) is 28.9 Å². The molecule has 0 saturated carbocycles. The Labute approximate surface area is 201 Å². The number of anilines is 1. The van der Waals surface area contributed by atoms with Crippen molar-refractivity contribution in [3.63, 3.8) is 0 Å². The smallest absolute Gasteiger partial charge is 0.339 e. The lowest BCUT2D eigenvalue weighted by Gasteiger charge is -2.35. The first-order valence-corrected chi connectivity index (χ1v) is 12.1. The molecule has 3 aromatic carbocycles. The topological polar surface area (TPSA) is 56.8 Å². The number of ether oxygens (including phenoxy) is 3. The molecule has 3 aromatic rings. The Kier molecular flexibility index (Phi) is 5.76. The number of benzene rings is 3. The highest BCUT2D eigenvalue weighted by molar-refractivity contribution is 6.04. The molecule has 2 aliphatic heterocycles. The van der Waals surface area contributed by atoms with Gasteiger partial charge in [-0.05, 0) is 80.5 Å². The zero-order valence-corrected chi connectivity index (χ0v) is 20.7. The lowest BCUT2D eigenvalue weighted by Crippen LogP contribution is -2.29. The van der Waals surface area contributed by atoms with Gasteiger partial charge in [-0.3, -0.25) is 0 Å². The van der Waals surface area contributed by atoms with Crippen LogP contribution in [0.1, 0.15) is 62.3 Å². The second-order valence-corrected chi connectivity index (χ2v) is 10.3.